The highest BCUT2D eigenvalue weighted by Crippen LogP contribution is 2.27. The van der Waals surface area contributed by atoms with Gasteiger partial charge in [0, 0.05) is 11.4 Å². The molecule has 0 aliphatic carbocycles. The van der Waals surface area contributed by atoms with Crippen molar-refractivity contribution in [3.8, 4) is 5.75 Å². The number of methoxy groups -OCH3 is 1. The first kappa shape index (κ1) is 19.5. The van der Waals surface area contributed by atoms with Crippen molar-refractivity contribution in [2.45, 2.75) is 13.0 Å². The van der Waals surface area contributed by atoms with Crippen molar-refractivity contribution in [2.75, 3.05) is 43.5 Å². The maximum Gasteiger partial charge on any atom is 0.282 e. The number of halogens is 2. The number of hydrogen-bond acceptors (Lipinski definition) is 3. The van der Waals surface area contributed by atoms with Gasteiger partial charge in [0.2, 0.25) is 0 Å². The molecule has 5 nitrogen and oxygen atoms in total. The zero-order valence-corrected chi connectivity index (χ0v) is 16.2. The van der Waals surface area contributed by atoms with Crippen molar-refractivity contribution in [1.82, 2.24) is 0 Å². The first-order valence-corrected chi connectivity index (χ1v) is 9.35. The Labute approximate surface area is 163 Å². The molecule has 0 unspecified atom stereocenters. The van der Waals surface area contributed by atoms with E-state index in [1.165, 1.54) is 17.0 Å². The van der Waals surface area contributed by atoms with E-state index in [9.17, 15) is 9.18 Å². The molecule has 1 fully saturated rings. The monoisotopic (exact) mass is 392 g/mol. The fraction of sp³-hybridized carbons (Fsp3) is 0.350. The molecule has 0 aromatic heterocycles. The third-order valence-electron chi connectivity index (χ3n) is 5.02. The van der Waals surface area contributed by atoms with Crippen LogP contribution in [0.15, 0.2) is 42.5 Å². The number of nitrogens with one attached hydrogen (secondary N) is 2. The van der Waals surface area contributed by atoms with Crippen molar-refractivity contribution in [3.63, 3.8) is 0 Å². The molecule has 2 N–H and O–H groups in total. The molecule has 1 aliphatic rings. The van der Waals surface area contributed by atoms with E-state index in [0.717, 1.165) is 31.9 Å². The molecule has 0 radical (unpaired) electrons. The van der Waals surface area contributed by atoms with Gasteiger partial charge < -0.3 is 19.9 Å². The van der Waals surface area contributed by atoms with E-state index in [4.69, 9.17) is 16.3 Å². The number of benzene rings is 2. The van der Waals surface area contributed by atoms with Crippen molar-refractivity contribution < 1.29 is 18.8 Å². The van der Waals surface area contributed by atoms with E-state index in [-0.39, 0.29) is 17.8 Å². The van der Waals surface area contributed by atoms with Crippen molar-refractivity contribution in [1.29, 1.82) is 0 Å². The fourth-order valence-electron chi connectivity index (χ4n) is 3.32. The number of rotatable bonds is 5. The minimum atomic E-state index is -0.230. The Morgan fingerprint density at radius 3 is 2.48 bits per heavy atom. The Balaban J connectivity index is 1.55. The van der Waals surface area contributed by atoms with Gasteiger partial charge in [0.25, 0.3) is 5.91 Å². The van der Waals surface area contributed by atoms with Crippen LogP contribution in [0.4, 0.5) is 15.8 Å². The molecule has 3 rings (SSSR count). The van der Waals surface area contributed by atoms with Crippen LogP contribution in [0.2, 0.25) is 5.02 Å². The summed E-state index contributed by atoms with van der Waals surface area (Å²) < 4.78 is 18.2. The van der Waals surface area contributed by atoms with Gasteiger partial charge in [-0.05, 0) is 49.4 Å². The molecule has 7 heteroatoms. The van der Waals surface area contributed by atoms with Crippen LogP contribution in [0.5, 0.6) is 5.75 Å². The molecule has 1 heterocycles. The van der Waals surface area contributed by atoms with Crippen LogP contribution in [0, 0.1) is 5.82 Å². The average molecular weight is 393 g/mol. The second-order valence-electron chi connectivity index (χ2n) is 6.68. The molecule has 1 aliphatic heterocycles. The number of piperazine rings is 1. The highest BCUT2D eigenvalue weighted by Gasteiger charge is 2.29. The lowest BCUT2D eigenvalue weighted by atomic mass is 10.2. The van der Waals surface area contributed by atoms with Crippen LogP contribution in [-0.4, -0.2) is 45.2 Å². The van der Waals surface area contributed by atoms with Gasteiger partial charge in [-0.3, -0.25) is 4.79 Å². The lowest BCUT2D eigenvalue weighted by Crippen LogP contribution is -3.19. The van der Waals surface area contributed by atoms with E-state index in [1.807, 2.05) is 6.92 Å². The van der Waals surface area contributed by atoms with Gasteiger partial charge in [-0.2, -0.15) is 0 Å². The average Bonchev–Trinajstić information content (AvgIpc) is 2.68. The first-order chi connectivity index (χ1) is 13.0. The lowest BCUT2D eigenvalue weighted by molar-refractivity contribution is -0.914. The molecule has 0 saturated carbocycles. The third kappa shape index (κ3) is 4.70. The lowest BCUT2D eigenvalue weighted by Gasteiger charge is -2.36. The van der Waals surface area contributed by atoms with Crippen molar-refractivity contribution in [3.05, 3.63) is 53.3 Å². The van der Waals surface area contributed by atoms with Gasteiger partial charge in [-0.25, -0.2) is 4.39 Å². The molecular formula is C20H24ClFN3O2+. The Bertz CT molecular complexity index is 792. The van der Waals surface area contributed by atoms with Gasteiger partial charge >= 0.3 is 0 Å². The molecule has 1 atom stereocenters. The quantitative estimate of drug-likeness (QED) is 0.820. The van der Waals surface area contributed by atoms with Gasteiger partial charge in [-0.1, -0.05) is 11.6 Å². The number of nitrogens with zero attached hydrogens (tertiary/aromatic N) is 1. The number of anilines is 2. The Morgan fingerprint density at radius 2 is 1.89 bits per heavy atom. The summed E-state index contributed by atoms with van der Waals surface area (Å²) >= 11 is 6.11. The minimum Gasteiger partial charge on any atom is -0.495 e. The van der Waals surface area contributed by atoms with Gasteiger partial charge in [0.05, 0.1) is 38.3 Å². The summed E-state index contributed by atoms with van der Waals surface area (Å²) in [6, 6.07) is 11.6. The second-order valence-corrected chi connectivity index (χ2v) is 7.09. The summed E-state index contributed by atoms with van der Waals surface area (Å²) in [5.41, 5.74) is 1.67. The second kappa shape index (κ2) is 8.59. The molecule has 1 saturated heterocycles. The van der Waals surface area contributed by atoms with E-state index in [1.54, 1.807) is 37.4 Å². The molecule has 2 aromatic carbocycles. The summed E-state index contributed by atoms with van der Waals surface area (Å²) in [7, 11) is 1.55. The minimum absolute atomic E-state index is 0.0403. The molecule has 144 valence electrons. The molecule has 0 bridgehead atoms. The van der Waals surface area contributed by atoms with Gasteiger partial charge in [0.1, 0.15) is 11.6 Å². The van der Waals surface area contributed by atoms with Crippen LogP contribution >= 0.6 is 11.6 Å². The number of ether oxygens (including phenoxy) is 1. The van der Waals surface area contributed by atoms with Crippen LogP contribution < -0.4 is 19.9 Å². The summed E-state index contributed by atoms with van der Waals surface area (Å²) in [5, 5.41) is 3.39. The van der Waals surface area contributed by atoms with Gasteiger partial charge in [0.15, 0.2) is 6.04 Å². The summed E-state index contributed by atoms with van der Waals surface area (Å²) in [6.07, 6.45) is 0. The third-order valence-corrected chi connectivity index (χ3v) is 5.32. The SMILES string of the molecule is COc1ccc(NC(=O)[C@H](C)[NH+]2CCN(c3ccc(F)cc3)CC2)cc1Cl. The maximum atomic E-state index is 13.1. The Kier molecular flexibility index (Phi) is 6.19. The zero-order valence-electron chi connectivity index (χ0n) is 15.5. The predicted molar refractivity (Wildman–Crippen MR) is 105 cm³/mol. The summed E-state index contributed by atoms with van der Waals surface area (Å²) in [5.74, 6) is 0.304. The number of carbonyl (C=O) groups is 1. The predicted octanol–water partition coefficient (Wildman–Crippen LogP) is 2.22. The smallest absolute Gasteiger partial charge is 0.282 e. The Morgan fingerprint density at radius 1 is 1.22 bits per heavy atom. The first-order valence-electron chi connectivity index (χ1n) is 8.97. The largest absolute Gasteiger partial charge is 0.495 e. The molecular weight excluding hydrogens is 369 g/mol. The topological polar surface area (TPSA) is 46.0 Å². The number of amides is 1. The highest BCUT2D eigenvalue weighted by molar-refractivity contribution is 6.32. The van der Waals surface area contributed by atoms with Crippen LogP contribution in [0.3, 0.4) is 0 Å². The number of carbonyl (C=O) groups excluding carboxylic acids is 1. The Hall–Kier alpha value is -2.31. The van der Waals surface area contributed by atoms with Crippen LogP contribution in [0.1, 0.15) is 6.92 Å². The van der Waals surface area contributed by atoms with Gasteiger partial charge in [-0.15, -0.1) is 0 Å². The molecule has 2 aromatic rings. The maximum absolute atomic E-state index is 13.1. The van der Waals surface area contributed by atoms with E-state index in [2.05, 4.69) is 10.2 Å². The summed E-state index contributed by atoms with van der Waals surface area (Å²) in [6.45, 7) is 5.27. The number of quaternary nitrogens is 1. The van der Waals surface area contributed by atoms with Crippen molar-refractivity contribution >= 4 is 28.9 Å². The van der Waals surface area contributed by atoms with Crippen LogP contribution in [0.25, 0.3) is 0 Å². The number of hydrogen-bond donors (Lipinski definition) is 2. The highest BCUT2D eigenvalue weighted by atomic mass is 35.5. The van der Waals surface area contributed by atoms with E-state index >= 15 is 0 Å². The summed E-state index contributed by atoms with van der Waals surface area (Å²) in [4.78, 5) is 16.1. The van der Waals surface area contributed by atoms with E-state index in [0.29, 0.717) is 16.5 Å². The molecule has 27 heavy (non-hydrogen) atoms. The van der Waals surface area contributed by atoms with Crippen LogP contribution in [-0.2, 0) is 4.79 Å². The molecule has 0 spiro atoms. The van der Waals surface area contributed by atoms with Crippen molar-refractivity contribution in [2.24, 2.45) is 0 Å². The zero-order chi connectivity index (χ0) is 19.4. The fourth-order valence-corrected chi connectivity index (χ4v) is 3.57. The van der Waals surface area contributed by atoms with E-state index < -0.39 is 0 Å². The standard InChI is InChI=1S/C20H23ClFN3O2/c1-14(20(26)23-16-5-8-19(27-2)18(21)13-16)24-9-11-25(12-10-24)17-6-3-15(22)4-7-17/h3-8,13-14H,9-12H2,1-2H3,(H,23,26)/p+1/t14-/m0/s1. The molecule has 1 amide bonds. The normalized spacial score (nSPS) is 16.1.